The van der Waals surface area contributed by atoms with E-state index >= 15 is 0 Å². The molecular formula is C15H14O2. The molecule has 86 valence electrons. The van der Waals surface area contributed by atoms with Gasteiger partial charge in [-0.15, -0.1) is 0 Å². The topological polar surface area (TPSA) is 26.3 Å². The third-order valence-electron chi connectivity index (χ3n) is 2.61. The van der Waals surface area contributed by atoms with Crippen LogP contribution in [0.15, 0.2) is 42.5 Å². The van der Waals surface area contributed by atoms with Crippen molar-refractivity contribution in [1.82, 2.24) is 0 Å². The van der Waals surface area contributed by atoms with Crippen LogP contribution in [0.2, 0.25) is 0 Å². The van der Waals surface area contributed by atoms with Crippen molar-refractivity contribution < 1.29 is 9.53 Å². The summed E-state index contributed by atoms with van der Waals surface area (Å²) in [6, 6.07) is 13.2. The highest BCUT2D eigenvalue weighted by molar-refractivity contribution is 5.79. The average Bonchev–Trinajstić information content (AvgIpc) is 2.34. The molecule has 0 aliphatic carbocycles. The first-order chi connectivity index (χ1) is 8.20. The van der Waals surface area contributed by atoms with Gasteiger partial charge in [0, 0.05) is 0 Å². The lowest BCUT2D eigenvalue weighted by Crippen LogP contribution is -1.92. The number of hydrogen-bond donors (Lipinski definition) is 0. The zero-order valence-corrected chi connectivity index (χ0v) is 9.94. The molecule has 0 N–H and O–H groups in total. The predicted molar refractivity (Wildman–Crippen MR) is 67.8 cm³/mol. The van der Waals surface area contributed by atoms with Crippen LogP contribution in [0.3, 0.4) is 0 Å². The minimum Gasteiger partial charge on any atom is -0.456 e. The van der Waals surface area contributed by atoms with Gasteiger partial charge >= 0.3 is 0 Å². The van der Waals surface area contributed by atoms with Crippen molar-refractivity contribution in [3.8, 4) is 11.5 Å². The zero-order valence-electron chi connectivity index (χ0n) is 9.94. The molecule has 0 aromatic heterocycles. The average molecular weight is 226 g/mol. The first-order valence-corrected chi connectivity index (χ1v) is 5.50. The van der Waals surface area contributed by atoms with E-state index in [2.05, 4.69) is 0 Å². The first-order valence-electron chi connectivity index (χ1n) is 5.50. The molecular weight excluding hydrogens is 212 g/mol. The summed E-state index contributed by atoms with van der Waals surface area (Å²) in [5.41, 5.74) is 2.75. The fourth-order valence-corrected chi connectivity index (χ4v) is 1.61. The fourth-order valence-electron chi connectivity index (χ4n) is 1.61. The predicted octanol–water partition coefficient (Wildman–Crippen LogP) is 3.91. The van der Waals surface area contributed by atoms with Crippen LogP contribution in [0, 0.1) is 13.8 Å². The lowest BCUT2D eigenvalue weighted by atomic mass is 10.1. The molecule has 0 saturated carbocycles. The van der Waals surface area contributed by atoms with Crippen molar-refractivity contribution in [2.45, 2.75) is 13.8 Å². The van der Waals surface area contributed by atoms with Crippen molar-refractivity contribution in [3.63, 3.8) is 0 Å². The second kappa shape index (κ2) is 4.83. The van der Waals surface area contributed by atoms with E-state index in [0.717, 1.165) is 23.2 Å². The molecule has 2 aromatic carbocycles. The molecule has 2 heteroatoms. The Morgan fingerprint density at radius 3 is 2.53 bits per heavy atom. The van der Waals surface area contributed by atoms with E-state index in [0.29, 0.717) is 11.3 Å². The van der Waals surface area contributed by atoms with E-state index < -0.39 is 0 Å². The van der Waals surface area contributed by atoms with Crippen LogP contribution in [-0.2, 0) is 0 Å². The van der Waals surface area contributed by atoms with E-state index in [1.54, 1.807) is 12.1 Å². The number of carbonyl (C=O) groups excluding carboxylic acids is 1. The lowest BCUT2D eigenvalue weighted by molar-refractivity contribution is 0.112. The summed E-state index contributed by atoms with van der Waals surface area (Å²) in [6.07, 6.45) is 0.806. The first kappa shape index (κ1) is 11.4. The van der Waals surface area contributed by atoms with Crippen LogP contribution in [0.25, 0.3) is 0 Å². The van der Waals surface area contributed by atoms with E-state index in [1.807, 2.05) is 44.2 Å². The van der Waals surface area contributed by atoms with Crippen molar-refractivity contribution >= 4 is 6.29 Å². The smallest absolute Gasteiger partial charge is 0.153 e. The Morgan fingerprint density at radius 2 is 1.76 bits per heavy atom. The third kappa shape index (κ3) is 2.53. The molecule has 17 heavy (non-hydrogen) atoms. The van der Waals surface area contributed by atoms with Crippen LogP contribution in [0.5, 0.6) is 11.5 Å². The van der Waals surface area contributed by atoms with E-state index in [-0.39, 0.29) is 0 Å². The van der Waals surface area contributed by atoms with Crippen LogP contribution < -0.4 is 4.74 Å². The molecule has 0 saturated heterocycles. The van der Waals surface area contributed by atoms with Gasteiger partial charge in [-0.1, -0.05) is 24.3 Å². The zero-order chi connectivity index (χ0) is 12.3. The summed E-state index contributed by atoms with van der Waals surface area (Å²) in [5, 5.41) is 0. The van der Waals surface area contributed by atoms with Gasteiger partial charge in [0.1, 0.15) is 11.5 Å². The number of hydrogen-bond acceptors (Lipinski definition) is 2. The standard InChI is InChI=1S/C15H14O2/c1-11-7-8-12(2)15(9-11)17-14-6-4-3-5-13(14)10-16/h3-10H,1-2H3. The Labute approximate surface area is 101 Å². The SMILES string of the molecule is Cc1ccc(C)c(Oc2ccccc2C=O)c1. The van der Waals surface area contributed by atoms with E-state index in [9.17, 15) is 4.79 Å². The second-order valence-electron chi connectivity index (χ2n) is 4.03. The highest BCUT2D eigenvalue weighted by atomic mass is 16.5. The molecule has 0 unspecified atom stereocenters. The molecule has 0 bridgehead atoms. The lowest BCUT2D eigenvalue weighted by Gasteiger charge is -2.10. The van der Waals surface area contributed by atoms with E-state index in [1.165, 1.54) is 0 Å². The molecule has 0 radical (unpaired) electrons. The highest BCUT2D eigenvalue weighted by Gasteiger charge is 2.05. The molecule has 2 rings (SSSR count). The number of carbonyl (C=O) groups is 1. The second-order valence-corrected chi connectivity index (χ2v) is 4.03. The van der Waals surface area contributed by atoms with Crippen LogP contribution in [0.1, 0.15) is 21.5 Å². The number of benzene rings is 2. The Balaban J connectivity index is 2.37. The monoisotopic (exact) mass is 226 g/mol. The summed E-state index contributed by atoms with van der Waals surface area (Å²) < 4.78 is 5.78. The van der Waals surface area contributed by atoms with Gasteiger partial charge < -0.3 is 4.74 Å². The summed E-state index contributed by atoms with van der Waals surface area (Å²) in [4.78, 5) is 10.9. The third-order valence-corrected chi connectivity index (χ3v) is 2.61. The Bertz CT molecular complexity index is 544. The van der Waals surface area contributed by atoms with Crippen molar-refractivity contribution in [1.29, 1.82) is 0 Å². The summed E-state index contributed by atoms with van der Waals surface area (Å²) >= 11 is 0. The fraction of sp³-hybridized carbons (Fsp3) is 0.133. The summed E-state index contributed by atoms with van der Waals surface area (Å²) in [7, 11) is 0. The van der Waals surface area contributed by atoms with Gasteiger partial charge in [0.15, 0.2) is 6.29 Å². The number of aldehydes is 1. The van der Waals surface area contributed by atoms with Crippen molar-refractivity contribution in [2.24, 2.45) is 0 Å². The van der Waals surface area contributed by atoms with Gasteiger partial charge in [0.2, 0.25) is 0 Å². The largest absolute Gasteiger partial charge is 0.456 e. The molecule has 2 aromatic rings. The number of para-hydroxylation sites is 1. The maximum Gasteiger partial charge on any atom is 0.153 e. The van der Waals surface area contributed by atoms with Crippen LogP contribution in [-0.4, -0.2) is 6.29 Å². The van der Waals surface area contributed by atoms with Gasteiger partial charge in [0.25, 0.3) is 0 Å². The molecule has 2 nitrogen and oxygen atoms in total. The minimum absolute atomic E-state index is 0.563. The number of ether oxygens (including phenoxy) is 1. The van der Waals surface area contributed by atoms with E-state index in [4.69, 9.17) is 4.74 Å². The molecule has 0 amide bonds. The van der Waals surface area contributed by atoms with Gasteiger partial charge in [0.05, 0.1) is 5.56 Å². The van der Waals surface area contributed by atoms with Gasteiger partial charge in [-0.25, -0.2) is 0 Å². The highest BCUT2D eigenvalue weighted by Crippen LogP contribution is 2.27. The van der Waals surface area contributed by atoms with Gasteiger partial charge in [-0.3, -0.25) is 4.79 Å². The number of rotatable bonds is 3. The molecule has 0 fully saturated rings. The van der Waals surface area contributed by atoms with Crippen LogP contribution in [0.4, 0.5) is 0 Å². The number of aryl methyl sites for hydroxylation is 2. The molecule has 0 atom stereocenters. The Kier molecular flexibility index (Phi) is 3.24. The van der Waals surface area contributed by atoms with Gasteiger partial charge in [-0.05, 0) is 43.2 Å². The maximum atomic E-state index is 10.9. The Hall–Kier alpha value is -2.09. The van der Waals surface area contributed by atoms with Crippen molar-refractivity contribution in [2.75, 3.05) is 0 Å². The summed E-state index contributed by atoms with van der Waals surface area (Å²) in [5.74, 6) is 1.38. The quantitative estimate of drug-likeness (QED) is 0.742. The molecule has 0 aliphatic heterocycles. The molecule has 0 heterocycles. The molecule has 0 aliphatic rings. The van der Waals surface area contributed by atoms with Crippen LogP contribution >= 0.6 is 0 Å². The van der Waals surface area contributed by atoms with Gasteiger partial charge in [-0.2, -0.15) is 0 Å². The Morgan fingerprint density at radius 1 is 1.00 bits per heavy atom. The normalized spacial score (nSPS) is 10.0. The van der Waals surface area contributed by atoms with Crippen molar-refractivity contribution in [3.05, 3.63) is 59.2 Å². The maximum absolute atomic E-state index is 10.9. The molecule has 0 spiro atoms. The minimum atomic E-state index is 0.563. The summed E-state index contributed by atoms with van der Waals surface area (Å²) in [6.45, 7) is 4.00.